The first-order chi connectivity index (χ1) is 14.0. The van der Waals surface area contributed by atoms with Gasteiger partial charge in [0.2, 0.25) is 5.91 Å². The molecule has 1 heterocycles. The second-order valence-corrected chi connectivity index (χ2v) is 7.41. The molecule has 29 heavy (non-hydrogen) atoms. The molecule has 0 spiro atoms. The van der Waals surface area contributed by atoms with E-state index in [-0.39, 0.29) is 11.7 Å². The molecule has 7 nitrogen and oxygen atoms in total. The summed E-state index contributed by atoms with van der Waals surface area (Å²) in [6, 6.07) is 15.5. The molecule has 1 aromatic heterocycles. The van der Waals surface area contributed by atoms with Crippen molar-refractivity contribution in [3.63, 3.8) is 0 Å². The average Bonchev–Trinajstić information content (AvgIpc) is 3.07. The van der Waals surface area contributed by atoms with Crippen molar-refractivity contribution in [1.29, 1.82) is 0 Å². The third-order valence-electron chi connectivity index (χ3n) is 4.21. The number of nitrogens with zero attached hydrogens (tertiary/aromatic N) is 3. The summed E-state index contributed by atoms with van der Waals surface area (Å²) in [5, 5.41) is 15.3. The molecular weight excluding hydrogens is 386 g/mol. The molecule has 8 heteroatoms. The Bertz CT molecular complexity index is 939. The monoisotopic (exact) mass is 411 g/mol. The highest BCUT2D eigenvalue weighted by molar-refractivity contribution is 7.99. The van der Waals surface area contributed by atoms with Crippen molar-refractivity contribution in [1.82, 2.24) is 14.8 Å². The lowest BCUT2D eigenvalue weighted by Crippen LogP contribution is -2.14. The van der Waals surface area contributed by atoms with Gasteiger partial charge in [0.1, 0.15) is 5.75 Å². The fourth-order valence-corrected chi connectivity index (χ4v) is 3.34. The van der Waals surface area contributed by atoms with Gasteiger partial charge < -0.3 is 19.9 Å². The van der Waals surface area contributed by atoms with E-state index in [1.54, 1.807) is 0 Å². The number of anilines is 2. The Labute approximate surface area is 174 Å². The fraction of sp³-hybridized carbons (Fsp3) is 0.286. The van der Waals surface area contributed by atoms with Crippen molar-refractivity contribution in [3.8, 4) is 5.75 Å². The maximum Gasteiger partial charge on any atom is 0.234 e. The number of amides is 1. The number of aromatic nitrogens is 3. The normalized spacial score (nSPS) is 10.6. The predicted octanol–water partition coefficient (Wildman–Crippen LogP) is 3.87. The van der Waals surface area contributed by atoms with Gasteiger partial charge in [-0.1, -0.05) is 29.5 Å². The van der Waals surface area contributed by atoms with Gasteiger partial charge in [0.15, 0.2) is 11.0 Å². The zero-order valence-corrected chi connectivity index (χ0v) is 17.6. The van der Waals surface area contributed by atoms with E-state index in [2.05, 4.69) is 39.9 Å². The first-order valence-corrected chi connectivity index (χ1v) is 10.4. The van der Waals surface area contributed by atoms with Crippen LogP contribution in [-0.4, -0.2) is 33.0 Å². The van der Waals surface area contributed by atoms with Crippen LogP contribution >= 0.6 is 11.8 Å². The smallest absolute Gasteiger partial charge is 0.234 e. The molecule has 0 aliphatic rings. The van der Waals surface area contributed by atoms with Crippen molar-refractivity contribution in [3.05, 3.63) is 59.9 Å². The Hall–Kier alpha value is -3.00. The van der Waals surface area contributed by atoms with Crippen LogP contribution in [0.25, 0.3) is 0 Å². The maximum absolute atomic E-state index is 12.2. The van der Waals surface area contributed by atoms with Crippen molar-refractivity contribution in [2.24, 2.45) is 7.05 Å². The van der Waals surface area contributed by atoms with Gasteiger partial charge in [-0.25, -0.2) is 0 Å². The van der Waals surface area contributed by atoms with Crippen LogP contribution in [-0.2, 0) is 18.4 Å². The summed E-state index contributed by atoms with van der Waals surface area (Å²) in [7, 11) is 1.90. The van der Waals surface area contributed by atoms with Gasteiger partial charge in [0, 0.05) is 18.4 Å². The van der Waals surface area contributed by atoms with E-state index < -0.39 is 0 Å². The molecule has 0 aliphatic carbocycles. The highest BCUT2D eigenvalue weighted by Crippen LogP contribution is 2.19. The molecule has 0 saturated carbocycles. The molecular formula is C21H25N5O2S. The van der Waals surface area contributed by atoms with E-state index in [9.17, 15) is 4.79 Å². The van der Waals surface area contributed by atoms with Crippen LogP contribution in [0.3, 0.4) is 0 Å². The van der Waals surface area contributed by atoms with Gasteiger partial charge in [0.05, 0.1) is 18.9 Å². The minimum atomic E-state index is -0.0958. The summed E-state index contributed by atoms with van der Waals surface area (Å²) in [6.45, 7) is 5.17. The SMILES string of the molecule is CCOc1ccc(NC(=O)CSc2nnc(CNc3ccc(C)cc3)n2C)cc1. The highest BCUT2D eigenvalue weighted by atomic mass is 32.2. The van der Waals surface area contributed by atoms with Crippen molar-refractivity contribution in [2.45, 2.75) is 25.5 Å². The standard InChI is InChI=1S/C21H25N5O2S/c1-4-28-18-11-9-17(10-12-18)23-20(27)14-29-21-25-24-19(26(21)3)13-22-16-7-5-15(2)6-8-16/h5-12,22H,4,13-14H2,1-3H3,(H,23,27). The lowest BCUT2D eigenvalue weighted by atomic mass is 10.2. The van der Waals surface area contributed by atoms with Crippen LogP contribution in [0.2, 0.25) is 0 Å². The minimum absolute atomic E-state index is 0.0958. The zero-order chi connectivity index (χ0) is 20.6. The number of benzene rings is 2. The van der Waals surface area contributed by atoms with E-state index in [0.29, 0.717) is 18.3 Å². The summed E-state index contributed by atoms with van der Waals surface area (Å²) in [6.07, 6.45) is 0. The minimum Gasteiger partial charge on any atom is -0.494 e. The summed E-state index contributed by atoms with van der Waals surface area (Å²) < 4.78 is 7.30. The molecule has 3 rings (SSSR count). The number of carbonyl (C=O) groups is 1. The lowest BCUT2D eigenvalue weighted by Gasteiger charge is -2.08. The fourth-order valence-electron chi connectivity index (χ4n) is 2.61. The first-order valence-electron chi connectivity index (χ1n) is 9.39. The second kappa shape index (κ2) is 9.97. The number of aryl methyl sites for hydroxylation is 1. The van der Waals surface area contributed by atoms with E-state index in [1.807, 2.05) is 54.9 Å². The number of hydrogen-bond donors (Lipinski definition) is 2. The Kier molecular flexibility index (Phi) is 7.13. The Morgan fingerprint density at radius 1 is 1.07 bits per heavy atom. The Morgan fingerprint density at radius 2 is 1.76 bits per heavy atom. The Balaban J connectivity index is 1.49. The van der Waals surface area contributed by atoms with E-state index >= 15 is 0 Å². The van der Waals surface area contributed by atoms with Gasteiger partial charge in [-0.15, -0.1) is 10.2 Å². The van der Waals surface area contributed by atoms with Gasteiger partial charge in [0.25, 0.3) is 0 Å². The van der Waals surface area contributed by atoms with Crippen LogP contribution in [0.4, 0.5) is 11.4 Å². The summed E-state index contributed by atoms with van der Waals surface area (Å²) in [5.41, 5.74) is 2.99. The molecule has 0 aliphatic heterocycles. The molecule has 0 fully saturated rings. The molecule has 0 atom stereocenters. The van der Waals surface area contributed by atoms with E-state index in [0.717, 1.165) is 22.9 Å². The first kappa shape index (κ1) is 20.7. The molecule has 152 valence electrons. The third-order valence-corrected chi connectivity index (χ3v) is 5.23. The highest BCUT2D eigenvalue weighted by Gasteiger charge is 2.11. The second-order valence-electron chi connectivity index (χ2n) is 6.47. The van der Waals surface area contributed by atoms with E-state index in [4.69, 9.17) is 4.74 Å². The predicted molar refractivity (Wildman–Crippen MR) is 116 cm³/mol. The summed E-state index contributed by atoms with van der Waals surface area (Å²) in [5.74, 6) is 1.75. The van der Waals surface area contributed by atoms with Crippen molar-refractivity contribution < 1.29 is 9.53 Å². The number of nitrogens with one attached hydrogen (secondary N) is 2. The quantitative estimate of drug-likeness (QED) is 0.520. The van der Waals surface area contributed by atoms with E-state index in [1.165, 1.54) is 17.3 Å². The van der Waals surface area contributed by atoms with Crippen LogP contribution in [0.15, 0.2) is 53.7 Å². The molecule has 1 amide bonds. The zero-order valence-electron chi connectivity index (χ0n) is 16.8. The van der Waals surface area contributed by atoms with Gasteiger partial charge in [-0.3, -0.25) is 4.79 Å². The average molecular weight is 412 g/mol. The number of thioether (sulfide) groups is 1. The van der Waals surface area contributed by atoms with Crippen molar-refractivity contribution in [2.75, 3.05) is 23.0 Å². The van der Waals surface area contributed by atoms with Crippen LogP contribution in [0.1, 0.15) is 18.3 Å². The largest absolute Gasteiger partial charge is 0.494 e. The summed E-state index contributed by atoms with van der Waals surface area (Å²) in [4.78, 5) is 12.2. The maximum atomic E-state index is 12.2. The topological polar surface area (TPSA) is 81.1 Å². The van der Waals surface area contributed by atoms with Gasteiger partial charge in [-0.05, 0) is 50.2 Å². The van der Waals surface area contributed by atoms with Crippen LogP contribution < -0.4 is 15.4 Å². The number of ether oxygens (including phenoxy) is 1. The van der Waals surface area contributed by atoms with Crippen LogP contribution in [0, 0.1) is 6.92 Å². The third kappa shape index (κ3) is 5.99. The number of carbonyl (C=O) groups excluding carboxylic acids is 1. The molecule has 0 unspecified atom stereocenters. The Morgan fingerprint density at radius 3 is 2.45 bits per heavy atom. The molecule has 3 aromatic rings. The number of hydrogen-bond acceptors (Lipinski definition) is 6. The molecule has 2 N–H and O–H groups in total. The van der Waals surface area contributed by atoms with Gasteiger partial charge in [-0.2, -0.15) is 0 Å². The van der Waals surface area contributed by atoms with Crippen LogP contribution in [0.5, 0.6) is 5.75 Å². The molecule has 0 saturated heterocycles. The molecule has 2 aromatic carbocycles. The van der Waals surface area contributed by atoms with Gasteiger partial charge >= 0.3 is 0 Å². The summed E-state index contributed by atoms with van der Waals surface area (Å²) >= 11 is 1.35. The molecule has 0 radical (unpaired) electrons. The number of rotatable bonds is 9. The molecule has 0 bridgehead atoms. The lowest BCUT2D eigenvalue weighted by molar-refractivity contribution is -0.113. The van der Waals surface area contributed by atoms with Crippen molar-refractivity contribution >= 4 is 29.0 Å².